The van der Waals surface area contributed by atoms with E-state index in [1.165, 1.54) is 16.4 Å². The zero-order valence-electron chi connectivity index (χ0n) is 15.2. The molecule has 1 aromatic rings. The number of nitrogens with one attached hydrogen (secondary N) is 1. The van der Waals surface area contributed by atoms with Crippen LogP contribution in [0.4, 0.5) is 4.39 Å². The Kier molecular flexibility index (Phi) is 5.97. The molecule has 1 N–H and O–H groups in total. The second-order valence-corrected chi connectivity index (χ2v) is 9.54. The predicted octanol–water partition coefficient (Wildman–Crippen LogP) is 2.92. The van der Waals surface area contributed by atoms with Crippen molar-refractivity contribution in [2.45, 2.75) is 56.4 Å². The number of hydrogen-bond acceptors (Lipinski definition) is 3. The number of carbonyl (C=O) groups is 1. The van der Waals surface area contributed by atoms with Crippen LogP contribution >= 0.6 is 0 Å². The van der Waals surface area contributed by atoms with E-state index in [2.05, 4.69) is 12.2 Å². The van der Waals surface area contributed by atoms with Crippen molar-refractivity contribution in [1.29, 1.82) is 0 Å². The van der Waals surface area contributed by atoms with Gasteiger partial charge in [0.15, 0.2) is 0 Å². The van der Waals surface area contributed by atoms with Gasteiger partial charge < -0.3 is 5.32 Å². The number of sulfonamides is 1. The summed E-state index contributed by atoms with van der Waals surface area (Å²) in [6, 6.07) is 5.14. The molecule has 1 saturated heterocycles. The zero-order valence-corrected chi connectivity index (χ0v) is 16.0. The molecule has 1 amide bonds. The topological polar surface area (TPSA) is 66.5 Å². The molecule has 5 nitrogen and oxygen atoms in total. The third-order valence-corrected chi connectivity index (χ3v) is 7.55. The van der Waals surface area contributed by atoms with Crippen molar-refractivity contribution in [3.8, 4) is 0 Å². The van der Waals surface area contributed by atoms with Gasteiger partial charge in [-0.05, 0) is 68.7 Å². The summed E-state index contributed by atoms with van der Waals surface area (Å²) in [6.07, 6.45) is 5.42. The normalized spacial score (nSPS) is 25.8. The van der Waals surface area contributed by atoms with Crippen LogP contribution in [0.1, 0.15) is 45.4 Å². The van der Waals surface area contributed by atoms with Crippen LogP contribution in [0.3, 0.4) is 0 Å². The van der Waals surface area contributed by atoms with Crippen LogP contribution in [0.25, 0.3) is 0 Å². The highest BCUT2D eigenvalue weighted by Crippen LogP contribution is 2.26. The molecule has 1 aromatic carbocycles. The summed E-state index contributed by atoms with van der Waals surface area (Å²) in [5.74, 6) is 0.205. The molecular weight excluding hydrogens is 355 g/mol. The average molecular weight is 383 g/mol. The van der Waals surface area contributed by atoms with Crippen LogP contribution in [0.2, 0.25) is 0 Å². The van der Waals surface area contributed by atoms with E-state index in [1.54, 1.807) is 0 Å². The van der Waals surface area contributed by atoms with Crippen molar-refractivity contribution in [2.75, 3.05) is 13.1 Å². The smallest absolute Gasteiger partial charge is 0.243 e. The van der Waals surface area contributed by atoms with Crippen molar-refractivity contribution in [2.24, 2.45) is 11.8 Å². The Bertz CT molecular complexity index is 720. The SMILES string of the molecule is CC1CCC(NC(=O)C2CCN(S(=O)(=O)c3ccc(F)cc3)CC2)CC1. The highest BCUT2D eigenvalue weighted by Gasteiger charge is 2.33. The number of benzene rings is 1. The molecule has 1 aliphatic heterocycles. The third kappa shape index (κ3) is 4.43. The van der Waals surface area contributed by atoms with Crippen molar-refractivity contribution in [1.82, 2.24) is 9.62 Å². The summed E-state index contributed by atoms with van der Waals surface area (Å²) in [5, 5.41) is 3.15. The highest BCUT2D eigenvalue weighted by molar-refractivity contribution is 7.89. The predicted molar refractivity (Wildman–Crippen MR) is 97.4 cm³/mol. The highest BCUT2D eigenvalue weighted by atomic mass is 32.2. The van der Waals surface area contributed by atoms with E-state index < -0.39 is 15.8 Å². The molecule has 0 radical (unpaired) electrons. The molecule has 7 heteroatoms. The first-order valence-electron chi connectivity index (χ1n) is 9.42. The van der Waals surface area contributed by atoms with Crippen molar-refractivity contribution < 1.29 is 17.6 Å². The lowest BCUT2D eigenvalue weighted by atomic mass is 9.87. The van der Waals surface area contributed by atoms with Gasteiger partial charge in [-0.1, -0.05) is 6.92 Å². The van der Waals surface area contributed by atoms with Crippen LogP contribution in [0, 0.1) is 17.7 Å². The number of hydrogen-bond donors (Lipinski definition) is 1. The molecule has 0 bridgehead atoms. The molecule has 0 spiro atoms. The largest absolute Gasteiger partial charge is 0.353 e. The second-order valence-electron chi connectivity index (χ2n) is 7.60. The number of piperidine rings is 1. The molecule has 3 rings (SSSR count). The van der Waals surface area contributed by atoms with Gasteiger partial charge in [0, 0.05) is 25.0 Å². The van der Waals surface area contributed by atoms with Crippen LogP contribution in [-0.4, -0.2) is 37.8 Å². The lowest BCUT2D eigenvalue weighted by Gasteiger charge is -2.32. The van der Waals surface area contributed by atoms with Gasteiger partial charge in [-0.15, -0.1) is 0 Å². The molecule has 1 saturated carbocycles. The van der Waals surface area contributed by atoms with Gasteiger partial charge >= 0.3 is 0 Å². The summed E-state index contributed by atoms with van der Waals surface area (Å²) in [6.45, 7) is 2.88. The molecule has 1 aliphatic carbocycles. The first-order valence-corrected chi connectivity index (χ1v) is 10.9. The summed E-state index contributed by atoms with van der Waals surface area (Å²) in [5.41, 5.74) is 0. The maximum Gasteiger partial charge on any atom is 0.243 e. The monoisotopic (exact) mass is 382 g/mol. The minimum atomic E-state index is -3.63. The summed E-state index contributed by atoms with van der Waals surface area (Å²) < 4.78 is 39.7. The Balaban J connectivity index is 1.53. The Morgan fingerprint density at radius 3 is 2.19 bits per heavy atom. The van der Waals surface area contributed by atoms with Crippen LogP contribution in [0.15, 0.2) is 29.2 Å². The van der Waals surface area contributed by atoms with E-state index in [1.807, 2.05) is 0 Å². The maximum absolute atomic E-state index is 13.0. The van der Waals surface area contributed by atoms with Crippen molar-refractivity contribution in [3.05, 3.63) is 30.1 Å². The molecule has 26 heavy (non-hydrogen) atoms. The van der Waals surface area contributed by atoms with Gasteiger partial charge in [0.05, 0.1) is 4.90 Å². The van der Waals surface area contributed by atoms with E-state index in [4.69, 9.17) is 0 Å². The van der Waals surface area contributed by atoms with Crippen molar-refractivity contribution >= 4 is 15.9 Å². The van der Waals surface area contributed by atoms with E-state index in [9.17, 15) is 17.6 Å². The molecule has 144 valence electrons. The van der Waals surface area contributed by atoms with Crippen LogP contribution in [0.5, 0.6) is 0 Å². The minimum absolute atomic E-state index is 0.0587. The molecule has 2 fully saturated rings. The summed E-state index contributed by atoms with van der Waals surface area (Å²) in [4.78, 5) is 12.6. The fourth-order valence-corrected chi connectivity index (χ4v) is 5.31. The number of carbonyl (C=O) groups excluding carboxylic acids is 1. The molecule has 1 heterocycles. The number of amides is 1. The Labute approximate surface area is 155 Å². The molecule has 2 aliphatic rings. The molecule has 0 atom stereocenters. The first-order chi connectivity index (χ1) is 12.4. The van der Waals surface area contributed by atoms with Crippen molar-refractivity contribution in [3.63, 3.8) is 0 Å². The van der Waals surface area contributed by atoms with Gasteiger partial charge in [0.1, 0.15) is 5.82 Å². The third-order valence-electron chi connectivity index (χ3n) is 5.64. The second kappa shape index (κ2) is 8.05. The summed E-state index contributed by atoms with van der Waals surface area (Å²) in [7, 11) is -3.63. The zero-order chi connectivity index (χ0) is 18.7. The number of halogens is 1. The van der Waals surface area contributed by atoms with Gasteiger partial charge in [-0.3, -0.25) is 4.79 Å². The quantitative estimate of drug-likeness (QED) is 0.871. The van der Waals surface area contributed by atoms with E-state index in [-0.39, 0.29) is 22.8 Å². The van der Waals surface area contributed by atoms with Gasteiger partial charge in [0.25, 0.3) is 0 Å². The standard InChI is InChI=1S/C19H27FN2O3S/c1-14-2-6-17(7-3-14)21-19(23)15-10-12-22(13-11-15)26(24,25)18-8-4-16(20)5-9-18/h4-5,8-9,14-15,17H,2-3,6-7,10-13H2,1H3,(H,21,23). The summed E-state index contributed by atoms with van der Waals surface area (Å²) >= 11 is 0. The molecule has 0 unspecified atom stereocenters. The number of nitrogens with zero attached hydrogens (tertiary/aromatic N) is 1. The van der Waals surface area contributed by atoms with E-state index in [0.717, 1.165) is 43.7 Å². The maximum atomic E-state index is 13.0. The van der Waals surface area contributed by atoms with E-state index >= 15 is 0 Å². The fraction of sp³-hybridized carbons (Fsp3) is 0.632. The Morgan fingerprint density at radius 2 is 1.62 bits per heavy atom. The van der Waals surface area contributed by atoms with Crippen LogP contribution in [-0.2, 0) is 14.8 Å². The van der Waals surface area contributed by atoms with E-state index in [0.29, 0.717) is 25.9 Å². The average Bonchev–Trinajstić information content (AvgIpc) is 2.64. The minimum Gasteiger partial charge on any atom is -0.353 e. The lowest BCUT2D eigenvalue weighted by Crippen LogP contribution is -2.46. The van der Waals surface area contributed by atoms with Gasteiger partial charge in [-0.2, -0.15) is 4.31 Å². The fourth-order valence-electron chi connectivity index (χ4n) is 3.84. The Morgan fingerprint density at radius 1 is 1.04 bits per heavy atom. The Hall–Kier alpha value is -1.47. The lowest BCUT2D eigenvalue weighted by molar-refractivity contribution is -0.127. The molecule has 0 aromatic heterocycles. The molecular formula is C19H27FN2O3S. The van der Waals surface area contributed by atoms with Gasteiger partial charge in [0.2, 0.25) is 15.9 Å². The van der Waals surface area contributed by atoms with Crippen LogP contribution < -0.4 is 5.32 Å². The first kappa shape index (κ1) is 19.3. The number of rotatable bonds is 4. The van der Waals surface area contributed by atoms with Gasteiger partial charge in [-0.25, -0.2) is 12.8 Å².